The zero-order valence-electron chi connectivity index (χ0n) is 13.4. The van der Waals surface area contributed by atoms with E-state index in [0.29, 0.717) is 36.4 Å². The van der Waals surface area contributed by atoms with Gasteiger partial charge in [-0.15, -0.1) is 0 Å². The minimum Gasteiger partial charge on any atom is -0.492 e. The average molecular weight is 346 g/mol. The number of halogens is 1. The molecule has 0 aromatic heterocycles. The highest BCUT2D eigenvalue weighted by molar-refractivity contribution is 7.89. The van der Waals surface area contributed by atoms with Crippen molar-refractivity contribution in [3.05, 3.63) is 22.7 Å². The van der Waals surface area contributed by atoms with Crippen LogP contribution in [0, 0.1) is 12.8 Å². The summed E-state index contributed by atoms with van der Waals surface area (Å²) >= 11 is 6.15. The molecule has 1 aromatic carbocycles. The van der Waals surface area contributed by atoms with Crippen molar-refractivity contribution >= 4 is 21.6 Å². The van der Waals surface area contributed by atoms with Gasteiger partial charge in [-0.2, -0.15) is 4.31 Å². The number of nitrogens with zero attached hydrogens (tertiary/aromatic N) is 1. The molecule has 1 heterocycles. The molecule has 0 unspecified atom stereocenters. The lowest BCUT2D eigenvalue weighted by molar-refractivity contribution is 0.283. The fraction of sp³-hybridized carbons (Fsp3) is 0.625. The molecule has 0 radical (unpaired) electrons. The van der Waals surface area contributed by atoms with Crippen LogP contribution in [-0.2, 0) is 10.0 Å². The van der Waals surface area contributed by atoms with Gasteiger partial charge in [-0.1, -0.05) is 25.4 Å². The second kappa shape index (κ2) is 7.20. The van der Waals surface area contributed by atoms with Crippen molar-refractivity contribution in [3.63, 3.8) is 0 Å². The maximum absolute atomic E-state index is 12.9. The van der Waals surface area contributed by atoms with Crippen LogP contribution in [0.2, 0.25) is 5.02 Å². The number of benzene rings is 1. The van der Waals surface area contributed by atoms with Crippen molar-refractivity contribution < 1.29 is 13.2 Å². The molecule has 2 rings (SSSR count). The molecule has 0 N–H and O–H groups in total. The van der Waals surface area contributed by atoms with Crippen LogP contribution in [0.25, 0.3) is 0 Å². The molecule has 22 heavy (non-hydrogen) atoms. The molecule has 1 aliphatic rings. The number of hydrogen-bond donors (Lipinski definition) is 0. The lowest BCUT2D eigenvalue weighted by Gasteiger charge is -2.30. The van der Waals surface area contributed by atoms with Gasteiger partial charge in [0.1, 0.15) is 10.6 Å². The smallest absolute Gasteiger partial charge is 0.246 e. The van der Waals surface area contributed by atoms with Gasteiger partial charge in [0, 0.05) is 18.1 Å². The lowest BCUT2D eigenvalue weighted by atomic mass is 10.0. The van der Waals surface area contributed by atoms with Gasteiger partial charge in [-0.05, 0) is 49.8 Å². The molecule has 0 bridgehead atoms. The Labute approximate surface area is 138 Å². The Bertz CT molecular complexity index is 623. The third-order valence-electron chi connectivity index (χ3n) is 4.05. The van der Waals surface area contributed by atoms with Crippen molar-refractivity contribution in [2.45, 2.75) is 44.9 Å². The van der Waals surface area contributed by atoms with E-state index in [9.17, 15) is 8.42 Å². The van der Waals surface area contributed by atoms with Crippen LogP contribution in [0.15, 0.2) is 17.0 Å². The lowest BCUT2D eigenvalue weighted by Crippen LogP contribution is -2.38. The van der Waals surface area contributed by atoms with Gasteiger partial charge in [-0.25, -0.2) is 8.42 Å². The molecule has 1 fully saturated rings. The number of rotatable bonds is 5. The molecule has 124 valence electrons. The van der Waals surface area contributed by atoms with Crippen molar-refractivity contribution in [3.8, 4) is 5.75 Å². The van der Waals surface area contributed by atoms with E-state index in [1.165, 1.54) is 6.07 Å². The van der Waals surface area contributed by atoms with E-state index < -0.39 is 10.0 Å². The van der Waals surface area contributed by atoms with E-state index in [-0.39, 0.29) is 4.90 Å². The highest BCUT2D eigenvalue weighted by Crippen LogP contribution is 2.34. The summed E-state index contributed by atoms with van der Waals surface area (Å²) in [5.74, 6) is 0.978. The molecule has 1 aliphatic heterocycles. The molecular weight excluding hydrogens is 322 g/mol. The molecule has 0 amide bonds. The Hall–Kier alpha value is -0.780. The largest absolute Gasteiger partial charge is 0.492 e. The maximum Gasteiger partial charge on any atom is 0.246 e. The summed E-state index contributed by atoms with van der Waals surface area (Å²) in [6.45, 7) is 7.59. The number of aryl methyl sites for hydroxylation is 1. The molecule has 0 atom stereocenters. The van der Waals surface area contributed by atoms with Crippen molar-refractivity contribution in [2.75, 3.05) is 19.7 Å². The van der Waals surface area contributed by atoms with Crippen molar-refractivity contribution in [1.29, 1.82) is 0 Å². The molecule has 4 nitrogen and oxygen atoms in total. The zero-order chi connectivity index (χ0) is 16.3. The summed E-state index contributed by atoms with van der Waals surface area (Å²) in [4.78, 5) is 0.186. The average Bonchev–Trinajstić information content (AvgIpc) is 2.48. The molecule has 6 heteroatoms. The summed E-state index contributed by atoms with van der Waals surface area (Å²) in [5.41, 5.74) is 0.819. The molecule has 1 aromatic rings. The normalized spacial score (nSPS) is 17.6. The summed E-state index contributed by atoms with van der Waals surface area (Å²) in [6, 6.07) is 3.24. The monoisotopic (exact) mass is 345 g/mol. The first-order chi connectivity index (χ1) is 10.4. The van der Waals surface area contributed by atoms with E-state index in [0.717, 1.165) is 24.8 Å². The van der Waals surface area contributed by atoms with Gasteiger partial charge < -0.3 is 4.74 Å². The standard InChI is InChI=1S/C16H24ClNO3S/c1-4-9-21-15-10-13(3)14(17)11-16(15)22(19,20)18-7-5-12(2)6-8-18/h10-12H,4-9H2,1-3H3. The third kappa shape index (κ3) is 3.76. The van der Waals surface area contributed by atoms with Gasteiger partial charge in [-0.3, -0.25) is 0 Å². The quantitative estimate of drug-likeness (QED) is 0.814. The first-order valence-electron chi connectivity index (χ1n) is 7.79. The number of hydrogen-bond acceptors (Lipinski definition) is 3. The fourth-order valence-electron chi connectivity index (χ4n) is 2.53. The number of sulfonamides is 1. The Morgan fingerprint density at radius 2 is 1.95 bits per heavy atom. The Balaban J connectivity index is 2.38. The van der Waals surface area contributed by atoms with Crippen LogP contribution in [0.1, 0.15) is 38.7 Å². The summed E-state index contributed by atoms with van der Waals surface area (Å²) in [6.07, 6.45) is 2.61. The zero-order valence-corrected chi connectivity index (χ0v) is 15.0. The summed E-state index contributed by atoms with van der Waals surface area (Å²) in [7, 11) is -3.56. The van der Waals surface area contributed by atoms with Gasteiger partial charge in [0.15, 0.2) is 0 Å². The number of piperidine rings is 1. The van der Waals surface area contributed by atoms with Gasteiger partial charge in [0.25, 0.3) is 0 Å². The van der Waals surface area contributed by atoms with E-state index in [1.54, 1.807) is 10.4 Å². The van der Waals surface area contributed by atoms with Crippen LogP contribution in [-0.4, -0.2) is 32.4 Å². The predicted octanol–water partition coefficient (Wildman–Crippen LogP) is 3.86. The van der Waals surface area contributed by atoms with E-state index >= 15 is 0 Å². The van der Waals surface area contributed by atoms with Gasteiger partial charge in [0.05, 0.1) is 6.61 Å². The molecular formula is C16H24ClNO3S. The minimum atomic E-state index is -3.56. The maximum atomic E-state index is 12.9. The van der Waals surface area contributed by atoms with Crippen LogP contribution in [0.4, 0.5) is 0 Å². The minimum absolute atomic E-state index is 0.186. The Morgan fingerprint density at radius 1 is 1.32 bits per heavy atom. The first-order valence-corrected chi connectivity index (χ1v) is 9.61. The van der Waals surface area contributed by atoms with Gasteiger partial charge in [0.2, 0.25) is 10.0 Å². The molecule has 0 saturated carbocycles. The Morgan fingerprint density at radius 3 is 2.55 bits per heavy atom. The van der Waals surface area contributed by atoms with Crippen molar-refractivity contribution in [1.82, 2.24) is 4.31 Å². The second-order valence-corrected chi connectivity index (χ2v) is 8.30. The molecule has 0 spiro atoms. The SMILES string of the molecule is CCCOc1cc(C)c(Cl)cc1S(=O)(=O)N1CCC(C)CC1. The number of ether oxygens (including phenoxy) is 1. The first kappa shape index (κ1) is 17.6. The predicted molar refractivity (Wildman–Crippen MR) is 89.1 cm³/mol. The fourth-order valence-corrected chi connectivity index (χ4v) is 4.36. The third-order valence-corrected chi connectivity index (χ3v) is 6.37. The topological polar surface area (TPSA) is 46.6 Å². The van der Waals surface area contributed by atoms with Crippen LogP contribution in [0.3, 0.4) is 0 Å². The second-order valence-electron chi connectivity index (χ2n) is 5.98. The molecule has 1 saturated heterocycles. The molecule has 0 aliphatic carbocycles. The van der Waals surface area contributed by atoms with E-state index in [4.69, 9.17) is 16.3 Å². The van der Waals surface area contributed by atoms with E-state index in [1.807, 2.05) is 13.8 Å². The van der Waals surface area contributed by atoms with Crippen molar-refractivity contribution in [2.24, 2.45) is 5.92 Å². The summed E-state index contributed by atoms with van der Waals surface area (Å²) in [5, 5.41) is 0.452. The van der Waals surface area contributed by atoms with Crippen LogP contribution < -0.4 is 4.74 Å². The summed E-state index contributed by atoms with van der Waals surface area (Å²) < 4.78 is 33.1. The van der Waals surface area contributed by atoms with Gasteiger partial charge >= 0.3 is 0 Å². The van der Waals surface area contributed by atoms with Crippen LogP contribution >= 0.6 is 11.6 Å². The Kier molecular flexibility index (Phi) is 5.75. The van der Waals surface area contributed by atoms with Crippen LogP contribution in [0.5, 0.6) is 5.75 Å². The van der Waals surface area contributed by atoms with E-state index in [2.05, 4.69) is 6.92 Å². The highest BCUT2D eigenvalue weighted by Gasteiger charge is 2.31. The highest BCUT2D eigenvalue weighted by atomic mass is 35.5.